The van der Waals surface area contributed by atoms with Gasteiger partial charge >= 0.3 is 6.03 Å². The van der Waals surface area contributed by atoms with Crippen LogP contribution in [0.2, 0.25) is 10.0 Å². The maximum absolute atomic E-state index is 12.5. The highest BCUT2D eigenvalue weighted by Gasteiger charge is 2.34. The Labute approximate surface area is 155 Å². The Kier molecular flexibility index (Phi) is 5.46. The highest BCUT2D eigenvalue weighted by atomic mass is 35.5. The van der Waals surface area contributed by atoms with Crippen molar-refractivity contribution in [1.82, 2.24) is 4.90 Å². The van der Waals surface area contributed by atoms with Crippen LogP contribution in [0.5, 0.6) is 0 Å². The first-order valence-corrected chi connectivity index (χ1v) is 8.68. The van der Waals surface area contributed by atoms with Crippen molar-refractivity contribution in [1.29, 1.82) is 0 Å². The number of nitrogens with one attached hydrogen (secondary N) is 2. The molecule has 25 heavy (non-hydrogen) atoms. The first-order valence-electron chi connectivity index (χ1n) is 7.92. The molecule has 0 aromatic heterocycles. The summed E-state index contributed by atoms with van der Waals surface area (Å²) in [5.74, 6) is -0.203. The summed E-state index contributed by atoms with van der Waals surface area (Å²) in [7, 11) is 0. The van der Waals surface area contributed by atoms with Gasteiger partial charge in [-0.1, -0.05) is 23.2 Å². The molecular formula is C18H17Cl2N3O2. The summed E-state index contributed by atoms with van der Waals surface area (Å²) in [5.41, 5.74) is 1.29. The summed E-state index contributed by atoms with van der Waals surface area (Å²) in [6, 6.07) is 12.9. The zero-order valence-electron chi connectivity index (χ0n) is 13.3. The predicted octanol–water partition coefficient (Wildman–Crippen LogP) is 4.63. The molecule has 3 amide bonds. The Morgan fingerprint density at radius 1 is 0.880 bits per heavy atom. The van der Waals surface area contributed by atoms with Gasteiger partial charge in [0.25, 0.3) is 0 Å². The minimum absolute atomic E-state index is 0.203. The minimum atomic E-state index is -0.497. The normalized spacial score (nSPS) is 16.6. The summed E-state index contributed by atoms with van der Waals surface area (Å²) in [5, 5.41) is 6.83. The summed E-state index contributed by atoms with van der Waals surface area (Å²) in [6.45, 7) is 0.540. The van der Waals surface area contributed by atoms with Crippen LogP contribution in [0.1, 0.15) is 12.8 Å². The number of carbonyl (C=O) groups is 2. The van der Waals surface area contributed by atoms with E-state index in [1.807, 2.05) is 0 Å². The summed E-state index contributed by atoms with van der Waals surface area (Å²) < 4.78 is 0. The van der Waals surface area contributed by atoms with Crippen LogP contribution in [0.4, 0.5) is 16.2 Å². The fourth-order valence-electron chi connectivity index (χ4n) is 2.77. The Bertz CT molecular complexity index is 697. The quantitative estimate of drug-likeness (QED) is 0.818. The van der Waals surface area contributed by atoms with Gasteiger partial charge in [0.05, 0.1) is 0 Å². The zero-order chi connectivity index (χ0) is 17.8. The molecule has 1 saturated heterocycles. The van der Waals surface area contributed by atoms with Crippen molar-refractivity contribution in [3.63, 3.8) is 0 Å². The second-order valence-corrected chi connectivity index (χ2v) is 6.66. The van der Waals surface area contributed by atoms with Crippen LogP contribution in [0.3, 0.4) is 0 Å². The van der Waals surface area contributed by atoms with Crippen LogP contribution in [0.15, 0.2) is 48.5 Å². The van der Waals surface area contributed by atoms with E-state index < -0.39 is 6.04 Å². The Morgan fingerprint density at radius 2 is 1.40 bits per heavy atom. The molecule has 0 spiro atoms. The van der Waals surface area contributed by atoms with Gasteiger partial charge in [0.2, 0.25) is 5.91 Å². The molecule has 130 valence electrons. The monoisotopic (exact) mass is 377 g/mol. The molecule has 0 saturated carbocycles. The molecule has 1 fully saturated rings. The molecule has 2 N–H and O–H groups in total. The third-order valence-corrected chi connectivity index (χ3v) is 4.53. The van der Waals surface area contributed by atoms with E-state index >= 15 is 0 Å². The van der Waals surface area contributed by atoms with E-state index in [-0.39, 0.29) is 11.9 Å². The summed E-state index contributed by atoms with van der Waals surface area (Å²) in [6.07, 6.45) is 1.42. The van der Waals surface area contributed by atoms with Crippen molar-refractivity contribution >= 4 is 46.5 Å². The second kappa shape index (κ2) is 7.76. The zero-order valence-corrected chi connectivity index (χ0v) is 14.8. The maximum atomic E-state index is 12.5. The first-order chi connectivity index (χ1) is 12.0. The highest BCUT2D eigenvalue weighted by molar-refractivity contribution is 6.31. The number of rotatable bonds is 3. The lowest BCUT2D eigenvalue weighted by Gasteiger charge is -2.24. The first kappa shape index (κ1) is 17.6. The molecule has 0 bridgehead atoms. The standard InChI is InChI=1S/C18H17Cl2N3O2/c19-12-3-7-14(8-4-12)21-17(24)16-2-1-11-23(16)18(25)22-15-9-5-13(20)6-10-15/h3-10,16H,1-2,11H2,(H,21,24)(H,22,25)/t16-/m0/s1. The highest BCUT2D eigenvalue weighted by Crippen LogP contribution is 2.22. The molecule has 1 aliphatic rings. The van der Waals surface area contributed by atoms with E-state index in [1.165, 1.54) is 0 Å². The number of carbonyl (C=O) groups excluding carboxylic acids is 2. The Balaban J connectivity index is 1.64. The molecule has 7 heteroatoms. The molecule has 1 atom stereocenters. The van der Waals surface area contributed by atoms with Crippen LogP contribution in [0, 0.1) is 0 Å². The van der Waals surface area contributed by atoms with Gasteiger partial charge in [0.15, 0.2) is 0 Å². The Hall–Kier alpha value is -2.24. The van der Waals surface area contributed by atoms with Gasteiger partial charge < -0.3 is 15.5 Å². The largest absolute Gasteiger partial charge is 0.324 e. The lowest BCUT2D eigenvalue weighted by molar-refractivity contribution is -0.119. The average molecular weight is 378 g/mol. The van der Waals surface area contributed by atoms with Crippen molar-refractivity contribution < 1.29 is 9.59 Å². The number of benzene rings is 2. The molecule has 1 aliphatic heterocycles. The number of amides is 3. The van der Waals surface area contributed by atoms with Crippen LogP contribution in [-0.2, 0) is 4.79 Å². The summed E-state index contributed by atoms with van der Waals surface area (Å²) >= 11 is 11.7. The van der Waals surface area contributed by atoms with E-state index in [0.29, 0.717) is 34.4 Å². The fraction of sp³-hybridized carbons (Fsp3) is 0.222. The van der Waals surface area contributed by atoms with E-state index in [9.17, 15) is 9.59 Å². The molecule has 2 aromatic rings. The van der Waals surface area contributed by atoms with Crippen LogP contribution >= 0.6 is 23.2 Å². The van der Waals surface area contributed by atoms with Crippen molar-refractivity contribution in [3.05, 3.63) is 58.6 Å². The number of hydrogen-bond donors (Lipinski definition) is 2. The Morgan fingerprint density at radius 3 is 1.96 bits per heavy atom. The van der Waals surface area contributed by atoms with Crippen LogP contribution in [-0.4, -0.2) is 29.4 Å². The van der Waals surface area contributed by atoms with Gasteiger partial charge in [-0.05, 0) is 61.4 Å². The van der Waals surface area contributed by atoms with Crippen molar-refractivity contribution in [2.45, 2.75) is 18.9 Å². The molecule has 5 nitrogen and oxygen atoms in total. The minimum Gasteiger partial charge on any atom is -0.324 e. The third kappa shape index (κ3) is 4.44. The van der Waals surface area contributed by atoms with Gasteiger partial charge in [-0.25, -0.2) is 4.79 Å². The van der Waals surface area contributed by atoms with E-state index in [1.54, 1.807) is 53.4 Å². The van der Waals surface area contributed by atoms with Gasteiger partial charge in [-0.15, -0.1) is 0 Å². The average Bonchev–Trinajstić information content (AvgIpc) is 3.09. The molecule has 2 aromatic carbocycles. The molecular weight excluding hydrogens is 361 g/mol. The van der Waals surface area contributed by atoms with Crippen molar-refractivity contribution in [3.8, 4) is 0 Å². The van der Waals surface area contributed by atoms with Gasteiger partial charge in [0.1, 0.15) is 6.04 Å². The number of likely N-dealkylation sites (tertiary alicyclic amines) is 1. The topological polar surface area (TPSA) is 61.4 Å². The molecule has 0 aliphatic carbocycles. The fourth-order valence-corrected chi connectivity index (χ4v) is 3.02. The predicted molar refractivity (Wildman–Crippen MR) is 100 cm³/mol. The molecule has 1 heterocycles. The van der Waals surface area contributed by atoms with Gasteiger partial charge in [-0.3, -0.25) is 4.79 Å². The van der Waals surface area contributed by atoms with Crippen molar-refractivity contribution in [2.75, 3.05) is 17.2 Å². The van der Waals surface area contributed by atoms with Gasteiger partial charge in [-0.2, -0.15) is 0 Å². The third-order valence-electron chi connectivity index (χ3n) is 4.02. The van der Waals surface area contributed by atoms with Crippen LogP contribution < -0.4 is 10.6 Å². The maximum Gasteiger partial charge on any atom is 0.322 e. The van der Waals surface area contributed by atoms with E-state index in [0.717, 1.165) is 6.42 Å². The second-order valence-electron chi connectivity index (χ2n) is 5.78. The molecule has 3 rings (SSSR count). The van der Waals surface area contributed by atoms with E-state index in [2.05, 4.69) is 10.6 Å². The number of anilines is 2. The lowest BCUT2D eigenvalue weighted by atomic mass is 10.2. The lowest BCUT2D eigenvalue weighted by Crippen LogP contribution is -2.45. The van der Waals surface area contributed by atoms with Crippen LogP contribution in [0.25, 0.3) is 0 Å². The summed E-state index contributed by atoms with van der Waals surface area (Å²) in [4.78, 5) is 26.6. The smallest absolute Gasteiger partial charge is 0.322 e. The number of hydrogen-bond acceptors (Lipinski definition) is 2. The number of halogens is 2. The van der Waals surface area contributed by atoms with E-state index in [4.69, 9.17) is 23.2 Å². The number of nitrogens with zero attached hydrogens (tertiary/aromatic N) is 1. The van der Waals surface area contributed by atoms with Crippen molar-refractivity contribution in [2.24, 2.45) is 0 Å². The number of urea groups is 1. The molecule has 0 radical (unpaired) electrons. The SMILES string of the molecule is O=C(Nc1ccc(Cl)cc1)[C@@H]1CCCN1C(=O)Nc1ccc(Cl)cc1. The van der Waals surface area contributed by atoms with Gasteiger partial charge in [0, 0.05) is 28.0 Å². The molecule has 0 unspecified atom stereocenters.